The van der Waals surface area contributed by atoms with Crippen LogP contribution < -0.4 is 0 Å². The van der Waals surface area contributed by atoms with E-state index in [1.807, 2.05) is 19.0 Å². The van der Waals surface area contributed by atoms with E-state index in [0.717, 1.165) is 0 Å². The van der Waals surface area contributed by atoms with Gasteiger partial charge in [-0.1, -0.05) is 30.3 Å². The molecule has 2 aromatic rings. The summed E-state index contributed by atoms with van der Waals surface area (Å²) in [6.45, 7) is 2.44. The number of carbonyl (C=O) groups excluding carboxylic acids is 2. The Labute approximate surface area is 245 Å². The fourth-order valence-corrected chi connectivity index (χ4v) is 6.65. The molecule has 0 aromatic heterocycles. The molecule has 230 valence electrons. The summed E-state index contributed by atoms with van der Waals surface area (Å²) in [7, 11) is 3.79. The van der Waals surface area contributed by atoms with E-state index < -0.39 is 47.5 Å². The summed E-state index contributed by atoms with van der Waals surface area (Å²) in [5.41, 5.74) is 1.14. The number of likely N-dealkylation sites (tertiary alicyclic amines) is 2. The first kappa shape index (κ1) is 32.1. The van der Waals surface area contributed by atoms with Gasteiger partial charge in [0.25, 0.3) is 0 Å². The van der Waals surface area contributed by atoms with Crippen molar-refractivity contribution >= 4 is 11.7 Å². The summed E-state index contributed by atoms with van der Waals surface area (Å²) in [5, 5.41) is 9.67. The van der Waals surface area contributed by atoms with Gasteiger partial charge in [0, 0.05) is 37.0 Å². The van der Waals surface area contributed by atoms with Gasteiger partial charge < -0.3 is 14.9 Å². The topological polar surface area (TPSA) is 64.1 Å². The first-order valence-corrected chi connectivity index (χ1v) is 14.7. The minimum Gasteiger partial charge on any atom is -0.392 e. The van der Waals surface area contributed by atoms with E-state index in [9.17, 15) is 19.1 Å². The van der Waals surface area contributed by atoms with Crippen molar-refractivity contribution < 1.29 is 32.3 Å². The standard InChI is InChI=1S/C32H41F4N3O3/c1-21-24(12-9-13-26(21)33)27-25(29(41)23-11-8-10-22(18-23)20-40)19-39(17-5-4-14-37(2)3)30(32(34,35)36)28(27)31(42)38-15-6-7-16-38/h8-13,18,25,27-28,30,40H,4-7,14-17,19-20H2,1-3H3/t25-,27+,28-,30-/m0/s1. The molecule has 42 heavy (non-hydrogen) atoms. The average molecular weight is 592 g/mol. The van der Waals surface area contributed by atoms with Crippen molar-refractivity contribution in [1.82, 2.24) is 14.7 Å². The molecule has 1 amide bonds. The molecule has 2 aliphatic heterocycles. The van der Waals surface area contributed by atoms with Crippen LogP contribution >= 0.6 is 0 Å². The molecule has 2 fully saturated rings. The molecule has 0 radical (unpaired) electrons. The molecule has 0 spiro atoms. The summed E-state index contributed by atoms with van der Waals surface area (Å²) in [6, 6.07) is 8.48. The molecule has 0 saturated carbocycles. The minimum absolute atomic E-state index is 0.0666. The van der Waals surface area contributed by atoms with Crippen molar-refractivity contribution in [2.24, 2.45) is 11.8 Å². The Kier molecular flexibility index (Phi) is 10.4. The van der Waals surface area contributed by atoms with Gasteiger partial charge >= 0.3 is 6.18 Å². The lowest BCUT2D eigenvalue weighted by Gasteiger charge is -2.50. The number of hydrogen-bond donors (Lipinski definition) is 1. The SMILES string of the molecule is Cc1c(F)cccc1[C@H]1[C@H](C(=O)N2CCCC2)[C@@H](C(F)(F)F)N(CCCCN(C)C)C[C@@H]1C(=O)c1cccc(CO)c1. The Morgan fingerprint density at radius 2 is 1.74 bits per heavy atom. The third-order valence-corrected chi connectivity index (χ3v) is 8.72. The number of aliphatic hydroxyl groups is 1. The fraction of sp³-hybridized carbons (Fsp3) is 0.562. The Balaban J connectivity index is 1.88. The van der Waals surface area contributed by atoms with Gasteiger partial charge in [-0.2, -0.15) is 13.2 Å². The van der Waals surface area contributed by atoms with Crippen LogP contribution in [0.4, 0.5) is 17.6 Å². The molecule has 4 atom stereocenters. The van der Waals surface area contributed by atoms with Crippen molar-refractivity contribution in [2.75, 3.05) is 46.8 Å². The number of benzene rings is 2. The van der Waals surface area contributed by atoms with Crippen LogP contribution in [0.2, 0.25) is 0 Å². The maximum absolute atomic E-state index is 15.1. The van der Waals surface area contributed by atoms with Crippen molar-refractivity contribution in [1.29, 1.82) is 0 Å². The number of unbranched alkanes of at least 4 members (excludes halogenated alkanes) is 1. The Morgan fingerprint density at radius 1 is 1.05 bits per heavy atom. The lowest BCUT2D eigenvalue weighted by molar-refractivity contribution is -0.214. The molecule has 6 nitrogen and oxygen atoms in total. The molecule has 2 heterocycles. The summed E-state index contributed by atoms with van der Waals surface area (Å²) in [4.78, 5) is 33.1. The van der Waals surface area contributed by atoms with E-state index in [-0.39, 0.29) is 36.4 Å². The zero-order valence-corrected chi connectivity index (χ0v) is 24.5. The molecule has 0 aliphatic carbocycles. The van der Waals surface area contributed by atoms with E-state index in [1.54, 1.807) is 24.3 Å². The van der Waals surface area contributed by atoms with Crippen LogP contribution in [-0.2, 0) is 11.4 Å². The van der Waals surface area contributed by atoms with Gasteiger partial charge in [-0.15, -0.1) is 0 Å². The minimum atomic E-state index is -4.76. The number of rotatable bonds is 10. The normalized spacial score (nSPS) is 23.5. The van der Waals surface area contributed by atoms with Crippen molar-refractivity contribution in [3.63, 3.8) is 0 Å². The molecular formula is C32H41F4N3O3. The second kappa shape index (κ2) is 13.7. The first-order valence-electron chi connectivity index (χ1n) is 14.7. The molecule has 10 heteroatoms. The molecule has 0 unspecified atom stereocenters. The van der Waals surface area contributed by atoms with Gasteiger partial charge in [-0.3, -0.25) is 14.5 Å². The van der Waals surface area contributed by atoms with E-state index in [2.05, 4.69) is 0 Å². The molecule has 4 rings (SSSR count). The highest BCUT2D eigenvalue weighted by atomic mass is 19.4. The quantitative estimate of drug-likeness (QED) is 0.239. The Morgan fingerprint density at radius 3 is 2.38 bits per heavy atom. The number of aliphatic hydroxyl groups excluding tert-OH is 1. The number of halogens is 4. The number of carbonyl (C=O) groups is 2. The van der Waals surface area contributed by atoms with E-state index in [0.29, 0.717) is 50.9 Å². The van der Waals surface area contributed by atoms with Gasteiger partial charge in [0.2, 0.25) is 5.91 Å². The number of ketones is 1. The molecule has 2 aromatic carbocycles. The highest BCUT2D eigenvalue weighted by Crippen LogP contribution is 2.49. The smallest absolute Gasteiger partial charge is 0.392 e. The molecule has 2 aliphatic rings. The zero-order chi connectivity index (χ0) is 30.6. The van der Waals surface area contributed by atoms with Gasteiger partial charge in [0.05, 0.1) is 12.5 Å². The number of piperidine rings is 1. The highest BCUT2D eigenvalue weighted by Gasteiger charge is 2.60. The second-order valence-corrected chi connectivity index (χ2v) is 11.9. The zero-order valence-electron chi connectivity index (χ0n) is 24.5. The average Bonchev–Trinajstić information content (AvgIpc) is 3.50. The van der Waals surface area contributed by atoms with Crippen LogP contribution in [0.1, 0.15) is 58.6 Å². The van der Waals surface area contributed by atoms with Gasteiger partial charge in [-0.05, 0) is 88.6 Å². The maximum atomic E-state index is 15.1. The third-order valence-electron chi connectivity index (χ3n) is 8.72. The van der Waals surface area contributed by atoms with Gasteiger partial charge in [0.15, 0.2) is 5.78 Å². The number of hydrogen-bond acceptors (Lipinski definition) is 5. The van der Waals surface area contributed by atoms with Crippen LogP contribution in [0.3, 0.4) is 0 Å². The van der Waals surface area contributed by atoms with E-state index >= 15 is 13.2 Å². The van der Waals surface area contributed by atoms with Crippen LogP contribution in [0, 0.1) is 24.6 Å². The number of alkyl halides is 3. The monoisotopic (exact) mass is 591 g/mol. The molecular weight excluding hydrogens is 550 g/mol. The van der Waals surface area contributed by atoms with Crippen LogP contribution in [-0.4, -0.2) is 90.5 Å². The maximum Gasteiger partial charge on any atom is 0.404 e. The van der Waals surface area contributed by atoms with Crippen LogP contribution in [0.15, 0.2) is 42.5 Å². The summed E-state index contributed by atoms with van der Waals surface area (Å²) in [6.07, 6.45) is -2.25. The van der Waals surface area contributed by atoms with Crippen molar-refractivity contribution in [3.05, 3.63) is 70.5 Å². The van der Waals surface area contributed by atoms with E-state index in [1.165, 1.54) is 34.9 Å². The summed E-state index contributed by atoms with van der Waals surface area (Å²) < 4.78 is 60.4. The van der Waals surface area contributed by atoms with Crippen molar-refractivity contribution in [3.8, 4) is 0 Å². The van der Waals surface area contributed by atoms with E-state index in [4.69, 9.17) is 0 Å². The van der Waals surface area contributed by atoms with Crippen LogP contribution in [0.5, 0.6) is 0 Å². The number of amides is 1. The third kappa shape index (κ3) is 7.03. The molecule has 1 N–H and O–H groups in total. The molecule has 0 bridgehead atoms. The summed E-state index contributed by atoms with van der Waals surface area (Å²) >= 11 is 0. The van der Waals surface area contributed by atoms with Gasteiger partial charge in [0.1, 0.15) is 11.9 Å². The molecule has 2 saturated heterocycles. The predicted molar refractivity (Wildman–Crippen MR) is 153 cm³/mol. The fourth-order valence-electron chi connectivity index (χ4n) is 6.65. The lowest BCUT2D eigenvalue weighted by Crippen LogP contribution is -2.63. The second-order valence-electron chi connectivity index (χ2n) is 11.9. The number of Topliss-reactive ketones (excluding diaryl/α,β-unsaturated/α-hetero) is 1. The Hall–Kier alpha value is -2.82. The highest BCUT2D eigenvalue weighted by molar-refractivity contribution is 5.99. The first-order chi connectivity index (χ1) is 19.9. The Bertz CT molecular complexity index is 1250. The summed E-state index contributed by atoms with van der Waals surface area (Å²) in [5.74, 6) is -5.50. The van der Waals surface area contributed by atoms with Crippen LogP contribution in [0.25, 0.3) is 0 Å². The lowest BCUT2D eigenvalue weighted by atomic mass is 9.66. The van der Waals surface area contributed by atoms with Gasteiger partial charge in [-0.25, -0.2) is 4.39 Å². The number of nitrogens with zero attached hydrogens (tertiary/aromatic N) is 3. The predicted octanol–water partition coefficient (Wildman–Crippen LogP) is 5.04. The largest absolute Gasteiger partial charge is 0.404 e. The van der Waals surface area contributed by atoms with Crippen molar-refractivity contribution in [2.45, 2.75) is 57.3 Å².